The van der Waals surface area contributed by atoms with Crippen molar-refractivity contribution in [3.05, 3.63) is 35.4 Å². The molecule has 0 aromatic heterocycles. The molecule has 3 rings (SSSR count). The van der Waals surface area contributed by atoms with Crippen LogP contribution in [-0.4, -0.2) is 24.1 Å². The normalized spacial score (nSPS) is 21.8. The molecular weight excluding hydrogens is 248 g/mol. The summed E-state index contributed by atoms with van der Waals surface area (Å²) in [6.07, 6.45) is 8.71. The van der Waals surface area contributed by atoms with Crippen LogP contribution in [0.5, 0.6) is 0 Å². The van der Waals surface area contributed by atoms with E-state index >= 15 is 0 Å². The van der Waals surface area contributed by atoms with Crippen molar-refractivity contribution in [1.82, 2.24) is 4.90 Å². The Morgan fingerprint density at radius 3 is 2.60 bits per heavy atom. The highest BCUT2D eigenvalue weighted by atomic mass is 16.1. The van der Waals surface area contributed by atoms with Crippen molar-refractivity contribution < 1.29 is 4.79 Å². The molecule has 0 radical (unpaired) electrons. The van der Waals surface area contributed by atoms with Gasteiger partial charge in [-0.25, -0.2) is 4.79 Å². The Labute approximate surface area is 120 Å². The SMILES string of the molecule is O=C=NC1(c2cccc(CN3CCCC3)c2)CCCC1. The summed E-state index contributed by atoms with van der Waals surface area (Å²) in [5.41, 5.74) is 2.26. The first kappa shape index (κ1) is 13.5. The third-order valence-electron chi connectivity index (χ3n) is 4.76. The molecule has 1 saturated heterocycles. The van der Waals surface area contributed by atoms with Crippen LogP contribution in [0.3, 0.4) is 0 Å². The van der Waals surface area contributed by atoms with Crippen LogP contribution in [0.4, 0.5) is 0 Å². The number of hydrogen-bond acceptors (Lipinski definition) is 3. The number of rotatable bonds is 4. The van der Waals surface area contributed by atoms with Crippen LogP contribution in [0, 0.1) is 0 Å². The lowest BCUT2D eigenvalue weighted by Gasteiger charge is -2.24. The van der Waals surface area contributed by atoms with Crippen LogP contribution in [0.2, 0.25) is 0 Å². The van der Waals surface area contributed by atoms with E-state index in [4.69, 9.17) is 0 Å². The Bertz CT molecular complexity index is 507. The average Bonchev–Trinajstić information content (AvgIpc) is 3.12. The summed E-state index contributed by atoms with van der Waals surface area (Å²) >= 11 is 0. The van der Waals surface area contributed by atoms with Crippen molar-refractivity contribution >= 4 is 6.08 Å². The molecule has 0 bridgehead atoms. The minimum absolute atomic E-state index is 0.289. The largest absolute Gasteiger partial charge is 0.299 e. The number of nitrogens with zero attached hydrogens (tertiary/aromatic N) is 2. The van der Waals surface area contributed by atoms with Crippen molar-refractivity contribution in [2.24, 2.45) is 4.99 Å². The third-order valence-corrected chi connectivity index (χ3v) is 4.76. The summed E-state index contributed by atoms with van der Waals surface area (Å²) in [6.45, 7) is 3.44. The molecular formula is C17H22N2O. The molecule has 3 heteroatoms. The Hall–Kier alpha value is -1.44. The van der Waals surface area contributed by atoms with Crippen LogP contribution in [0.15, 0.2) is 29.3 Å². The average molecular weight is 270 g/mol. The molecule has 1 aromatic rings. The second kappa shape index (κ2) is 5.90. The number of aliphatic imine (C=N–C) groups is 1. The van der Waals surface area contributed by atoms with Crippen molar-refractivity contribution in [1.29, 1.82) is 0 Å². The monoisotopic (exact) mass is 270 g/mol. The maximum Gasteiger partial charge on any atom is 0.235 e. The number of likely N-dealkylation sites (tertiary alicyclic amines) is 1. The van der Waals surface area contributed by atoms with Gasteiger partial charge in [-0.3, -0.25) is 4.90 Å². The van der Waals surface area contributed by atoms with Gasteiger partial charge in [0.15, 0.2) is 0 Å². The van der Waals surface area contributed by atoms with E-state index in [1.54, 1.807) is 6.08 Å². The molecule has 1 aromatic carbocycles. The zero-order valence-electron chi connectivity index (χ0n) is 12.0. The van der Waals surface area contributed by atoms with Crippen LogP contribution >= 0.6 is 0 Å². The zero-order chi connectivity index (χ0) is 13.8. The fourth-order valence-corrected chi connectivity index (χ4v) is 3.67. The number of benzene rings is 1. The minimum Gasteiger partial charge on any atom is -0.299 e. The van der Waals surface area contributed by atoms with Crippen LogP contribution < -0.4 is 0 Å². The fraction of sp³-hybridized carbons (Fsp3) is 0.588. The summed E-state index contributed by atoms with van der Waals surface area (Å²) in [6, 6.07) is 8.68. The molecule has 3 nitrogen and oxygen atoms in total. The maximum atomic E-state index is 10.8. The van der Waals surface area contributed by atoms with Gasteiger partial charge in [-0.1, -0.05) is 37.1 Å². The van der Waals surface area contributed by atoms with Gasteiger partial charge in [0.1, 0.15) is 0 Å². The molecule has 0 unspecified atom stereocenters. The van der Waals surface area contributed by atoms with Crippen molar-refractivity contribution in [3.8, 4) is 0 Å². The lowest BCUT2D eigenvalue weighted by Crippen LogP contribution is -2.21. The van der Waals surface area contributed by atoms with Gasteiger partial charge in [0.05, 0.1) is 5.54 Å². The standard InChI is InChI=1S/C17H22N2O/c20-14-18-17(8-1-2-9-17)16-7-5-6-15(12-16)13-19-10-3-4-11-19/h5-7,12H,1-4,8-11,13H2. The molecule has 1 saturated carbocycles. The second-order valence-electron chi connectivity index (χ2n) is 6.13. The molecule has 20 heavy (non-hydrogen) atoms. The minimum atomic E-state index is -0.289. The van der Waals surface area contributed by atoms with Gasteiger partial charge in [0.2, 0.25) is 6.08 Å². The van der Waals surface area contributed by atoms with Gasteiger partial charge < -0.3 is 0 Å². The van der Waals surface area contributed by atoms with E-state index in [0.29, 0.717) is 0 Å². The first-order valence-corrected chi connectivity index (χ1v) is 7.73. The molecule has 0 spiro atoms. The van der Waals surface area contributed by atoms with Gasteiger partial charge in [-0.15, -0.1) is 0 Å². The lowest BCUT2D eigenvalue weighted by atomic mass is 9.88. The predicted molar refractivity (Wildman–Crippen MR) is 79.2 cm³/mol. The lowest BCUT2D eigenvalue weighted by molar-refractivity contribution is 0.331. The summed E-state index contributed by atoms with van der Waals surface area (Å²) < 4.78 is 0. The van der Waals surface area contributed by atoms with E-state index in [1.807, 2.05) is 0 Å². The predicted octanol–water partition coefficient (Wildman–Crippen LogP) is 3.39. The molecule has 0 amide bonds. The van der Waals surface area contributed by atoms with Gasteiger partial charge in [0.25, 0.3) is 0 Å². The van der Waals surface area contributed by atoms with E-state index in [2.05, 4.69) is 34.2 Å². The molecule has 2 fully saturated rings. The first-order valence-electron chi connectivity index (χ1n) is 7.73. The van der Waals surface area contributed by atoms with E-state index in [9.17, 15) is 4.79 Å². The van der Waals surface area contributed by atoms with Crippen LogP contribution in [0.1, 0.15) is 49.7 Å². The summed E-state index contributed by atoms with van der Waals surface area (Å²) in [4.78, 5) is 17.5. The van der Waals surface area contributed by atoms with E-state index < -0.39 is 0 Å². The van der Waals surface area contributed by atoms with Crippen molar-refractivity contribution in [2.75, 3.05) is 13.1 Å². The van der Waals surface area contributed by atoms with Crippen LogP contribution in [-0.2, 0) is 16.9 Å². The zero-order valence-corrected chi connectivity index (χ0v) is 12.0. The Kier molecular flexibility index (Phi) is 4.00. The van der Waals surface area contributed by atoms with E-state index in [-0.39, 0.29) is 5.54 Å². The van der Waals surface area contributed by atoms with Gasteiger partial charge in [-0.05, 0) is 49.9 Å². The van der Waals surface area contributed by atoms with Gasteiger partial charge in [-0.2, -0.15) is 4.99 Å². The maximum absolute atomic E-state index is 10.8. The molecule has 1 aliphatic carbocycles. The molecule has 2 aliphatic rings. The number of hydrogen-bond donors (Lipinski definition) is 0. The van der Waals surface area contributed by atoms with Crippen molar-refractivity contribution in [2.45, 2.75) is 50.6 Å². The van der Waals surface area contributed by atoms with Gasteiger partial charge in [0, 0.05) is 6.54 Å². The number of carbonyl (C=O) groups excluding carboxylic acids is 1. The second-order valence-corrected chi connectivity index (χ2v) is 6.13. The van der Waals surface area contributed by atoms with Gasteiger partial charge >= 0.3 is 0 Å². The molecule has 1 aliphatic heterocycles. The molecule has 0 atom stereocenters. The summed E-state index contributed by atoms with van der Waals surface area (Å²) in [5, 5.41) is 0. The quantitative estimate of drug-likeness (QED) is 0.620. The molecule has 1 heterocycles. The van der Waals surface area contributed by atoms with E-state index in [0.717, 1.165) is 32.2 Å². The Balaban J connectivity index is 1.83. The summed E-state index contributed by atoms with van der Waals surface area (Å²) in [7, 11) is 0. The Morgan fingerprint density at radius 2 is 1.90 bits per heavy atom. The smallest absolute Gasteiger partial charge is 0.235 e. The Morgan fingerprint density at radius 1 is 1.15 bits per heavy atom. The van der Waals surface area contributed by atoms with E-state index in [1.165, 1.54) is 37.1 Å². The highest BCUT2D eigenvalue weighted by Crippen LogP contribution is 2.42. The first-order chi connectivity index (χ1) is 9.82. The van der Waals surface area contributed by atoms with Crippen LogP contribution in [0.25, 0.3) is 0 Å². The summed E-state index contributed by atoms with van der Waals surface area (Å²) in [5.74, 6) is 0. The highest BCUT2D eigenvalue weighted by molar-refractivity contribution is 5.39. The molecule has 106 valence electrons. The highest BCUT2D eigenvalue weighted by Gasteiger charge is 2.35. The third kappa shape index (κ3) is 2.70. The topological polar surface area (TPSA) is 32.7 Å². The number of isocyanates is 1. The van der Waals surface area contributed by atoms with Crippen molar-refractivity contribution in [3.63, 3.8) is 0 Å². The molecule has 0 N–H and O–H groups in total. The fourth-order valence-electron chi connectivity index (χ4n) is 3.67.